The molecule has 0 aromatic heterocycles. The van der Waals surface area contributed by atoms with Gasteiger partial charge >= 0.3 is 0 Å². The van der Waals surface area contributed by atoms with Crippen LogP contribution in [0.3, 0.4) is 0 Å². The first-order chi connectivity index (χ1) is 32.2. The van der Waals surface area contributed by atoms with Gasteiger partial charge in [0.2, 0.25) is 0 Å². The summed E-state index contributed by atoms with van der Waals surface area (Å²) in [7, 11) is 0. The first kappa shape index (κ1) is 44.9. The molecule has 5 aliphatic rings. The van der Waals surface area contributed by atoms with Gasteiger partial charge in [0, 0.05) is 39.2 Å². The number of hydrogen-bond donors (Lipinski definition) is 0. The van der Waals surface area contributed by atoms with Gasteiger partial charge in [0.05, 0.1) is 5.69 Å². The van der Waals surface area contributed by atoms with Crippen molar-refractivity contribution in [3.05, 3.63) is 179 Å². The topological polar surface area (TPSA) is 6.48 Å². The fourth-order valence-electron chi connectivity index (χ4n) is 13.7. The minimum absolute atomic E-state index is 0.0653. The monoisotopic (exact) mass is 895 g/mol. The maximum Gasteiger partial charge on any atom is 0.0543 e. The zero-order chi connectivity index (χ0) is 47.7. The third-order valence-electron chi connectivity index (χ3n) is 17.1. The van der Waals surface area contributed by atoms with Gasteiger partial charge < -0.3 is 9.80 Å². The molecule has 2 heteroatoms. The van der Waals surface area contributed by atoms with Gasteiger partial charge in [0.25, 0.3) is 0 Å². The van der Waals surface area contributed by atoms with Crippen LogP contribution in [0.4, 0.5) is 34.1 Å². The molecule has 0 aliphatic heterocycles. The molecule has 1 spiro atoms. The first-order valence-corrected chi connectivity index (χ1v) is 25.9. The summed E-state index contributed by atoms with van der Waals surface area (Å²) >= 11 is 0. The lowest BCUT2D eigenvalue weighted by atomic mass is 9.43. The maximum atomic E-state index is 2.71. The molecule has 0 N–H and O–H groups in total. The van der Waals surface area contributed by atoms with Gasteiger partial charge in [-0.15, -0.1) is 0 Å². The summed E-state index contributed by atoms with van der Waals surface area (Å²) in [4.78, 5) is 5.13. The lowest BCUT2D eigenvalue weighted by Crippen LogP contribution is -2.55. The summed E-state index contributed by atoms with van der Waals surface area (Å²) in [5.41, 5.74) is 19.0. The van der Waals surface area contributed by atoms with E-state index in [1.54, 1.807) is 11.1 Å². The number of rotatable bonds is 6. The Labute approximate surface area is 408 Å². The highest BCUT2D eigenvalue weighted by Gasteiger charge is 2.62. The van der Waals surface area contributed by atoms with Crippen LogP contribution in [0.15, 0.2) is 146 Å². The minimum atomic E-state index is -0.0669. The Hall–Kier alpha value is -5.60. The summed E-state index contributed by atoms with van der Waals surface area (Å²) in [5, 5.41) is 2.68. The van der Waals surface area contributed by atoms with Gasteiger partial charge in [-0.3, -0.25) is 0 Å². The molecule has 7 aromatic carbocycles. The number of anilines is 6. The van der Waals surface area contributed by atoms with Gasteiger partial charge in [-0.25, -0.2) is 0 Å². The first-order valence-electron chi connectivity index (χ1n) is 25.9. The minimum Gasteiger partial charge on any atom is -0.310 e. The summed E-state index contributed by atoms with van der Waals surface area (Å²) < 4.78 is 0. The van der Waals surface area contributed by atoms with Gasteiger partial charge in [-0.05, 0) is 194 Å². The normalized spacial score (nSPS) is 21.9. The zero-order valence-electron chi connectivity index (χ0n) is 43.1. The van der Waals surface area contributed by atoms with Crippen LogP contribution in [-0.4, -0.2) is 0 Å². The van der Waals surface area contributed by atoms with Crippen molar-refractivity contribution in [1.29, 1.82) is 0 Å². The average Bonchev–Trinajstić information content (AvgIpc) is 3.57. The third kappa shape index (κ3) is 7.34. The lowest BCUT2D eigenvalue weighted by molar-refractivity contribution is -0.0398. The van der Waals surface area contributed by atoms with Crippen molar-refractivity contribution in [1.82, 2.24) is 0 Å². The van der Waals surface area contributed by atoms with Crippen molar-refractivity contribution in [2.45, 2.75) is 142 Å². The molecule has 2 nitrogen and oxygen atoms in total. The molecule has 68 heavy (non-hydrogen) atoms. The van der Waals surface area contributed by atoms with Crippen molar-refractivity contribution >= 4 is 44.9 Å². The third-order valence-corrected chi connectivity index (χ3v) is 17.1. The SMILES string of the molecule is CC(C)(C)c1ccc(N(c2ccc(C(C)(C)C)cc2)c2ccc3c(c2)C2(c4cc(N(c5ccc(C(C)(C)C)cc5)c5ccc(C(C)(C)C)cc5)c5ccccc5c4-3)C3CC4CC(C3)CC2C4)cc1. The molecule has 0 heterocycles. The summed E-state index contributed by atoms with van der Waals surface area (Å²) in [6.45, 7) is 27.8. The molecule has 7 aromatic rings. The van der Waals surface area contributed by atoms with E-state index in [-0.39, 0.29) is 27.1 Å². The van der Waals surface area contributed by atoms with E-state index in [1.165, 1.54) is 110 Å². The highest BCUT2D eigenvalue weighted by Crippen LogP contribution is 2.71. The molecule has 12 rings (SSSR count). The average molecular weight is 895 g/mol. The second-order valence-electron chi connectivity index (χ2n) is 25.6. The van der Waals surface area contributed by atoms with Crippen LogP contribution in [0, 0.1) is 23.7 Å². The van der Waals surface area contributed by atoms with E-state index in [0.29, 0.717) is 11.8 Å². The molecule has 0 atom stereocenters. The number of nitrogens with zero attached hydrogens (tertiary/aromatic N) is 2. The Morgan fingerprint density at radius 3 is 1.13 bits per heavy atom. The van der Waals surface area contributed by atoms with Crippen molar-refractivity contribution < 1.29 is 0 Å². The van der Waals surface area contributed by atoms with Crippen LogP contribution >= 0.6 is 0 Å². The van der Waals surface area contributed by atoms with Crippen molar-refractivity contribution in [2.24, 2.45) is 23.7 Å². The van der Waals surface area contributed by atoms with E-state index >= 15 is 0 Å². The van der Waals surface area contributed by atoms with Gasteiger partial charge in [-0.1, -0.05) is 162 Å². The molecule has 0 saturated heterocycles. The lowest BCUT2D eigenvalue weighted by Gasteiger charge is -2.61. The van der Waals surface area contributed by atoms with Crippen LogP contribution in [0.25, 0.3) is 21.9 Å². The van der Waals surface area contributed by atoms with E-state index < -0.39 is 0 Å². The molecule has 4 bridgehead atoms. The Bertz CT molecular complexity index is 2870. The standard InChI is InChI=1S/C66H74N2/c1-62(2,3)44-17-25-50(26-18-44)67(51-27-19-45(20-28-51)63(4,5)6)54-33-34-57-58(40-54)66(48-36-42-35-43(38-48)39-49(66)37-42)59-41-60(55-15-13-14-16-56(55)61(57)59)68(52-29-21-46(22-30-52)64(7,8)9)53-31-23-47(24-32-53)65(10,11)12/h13-34,40-43,48-49H,35-39H2,1-12H3. The molecule has 0 amide bonds. The van der Waals surface area contributed by atoms with Crippen LogP contribution in [0.1, 0.15) is 149 Å². The van der Waals surface area contributed by atoms with E-state index in [4.69, 9.17) is 0 Å². The second-order valence-corrected chi connectivity index (χ2v) is 25.6. The van der Waals surface area contributed by atoms with E-state index in [1.807, 2.05) is 0 Å². The second kappa shape index (κ2) is 15.7. The van der Waals surface area contributed by atoms with Crippen molar-refractivity contribution in [3.8, 4) is 11.1 Å². The fraction of sp³-hybridized carbons (Fsp3) is 0.394. The van der Waals surface area contributed by atoms with E-state index in [2.05, 4.69) is 238 Å². The molecule has 348 valence electrons. The largest absolute Gasteiger partial charge is 0.310 e. The molecule has 4 fully saturated rings. The predicted molar refractivity (Wildman–Crippen MR) is 291 cm³/mol. The Kier molecular flexibility index (Phi) is 10.4. The Morgan fingerprint density at radius 1 is 0.368 bits per heavy atom. The molecular weight excluding hydrogens is 821 g/mol. The Balaban J connectivity index is 1.15. The molecule has 0 radical (unpaired) electrons. The van der Waals surface area contributed by atoms with E-state index in [9.17, 15) is 0 Å². The van der Waals surface area contributed by atoms with Gasteiger partial charge in [-0.2, -0.15) is 0 Å². The summed E-state index contributed by atoms with van der Waals surface area (Å²) in [6, 6.07) is 57.5. The van der Waals surface area contributed by atoms with Gasteiger partial charge in [0.1, 0.15) is 0 Å². The van der Waals surface area contributed by atoms with Crippen LogP contribution in [0.2, 0.25) is 0 Å². The highest BCUT2D eigenvalue weighted by molar-refractivity contribution is 6.10. The fourth-order valence-corrected chi connectivity index (χ4v) is 13.7. The molecule has 0 unspecified atom stereocenters. The smallest absolute Gasteiger partial charge is 0.0543 e. The quantitative estimate of drug-likeness (QED) is 0.164. The van der Waals surface area contributed by atoms with Crippen LogP contribution in [-0.2, 0) is 27.1 Å². The zero-order valence-corrected chi connectivity index (χ0v) is 43.1. The highest BCUT2D eigenvalue weighted by atomic mass is 15.1. The molecule has 5 aliphatic carbocycles. The van der Waals surface area contributed by atoms with Crippen molar-refractivity contribution in [2.75, 3.05) is 9.80 Å². The Morgan fingerprint density at radius 2 is 0.735 bits per heavy atom. The maximum absolute atomic E-state index is 2.71. The number of hydrogen-bond acceptors (Lipinski definition) is 2. The number of fused-ring (bicyclic) bond motifs is 5. The van der Waals surface area contributed by atoms with Crippen LogP contribution in [0.5, 0.6) is 0 Å². The van der Waals surface area contributed by atoms with Crippen molar-refractivity contribution in [3.63, 3.8) is 0 Å². The summed E-state index contributed by atoms with van der Waals surface area (Å²) in [5.74, 6) is 2.91. The summed E-state index contributed by atoms with van der Waals surface area (Å²) in [6.07, 6.45) is 6.75. The van der Waals surface area contributed by atoms with E-state index in [0.717, 1.165) is 11.8 Å². The predicted octanol–water partition coefficient (Wildman–Crippen LogP) is 18.7. The number of benzene rings is 7. The van der Waals surface area contributed by atoms with Crippen LogP contribution < -0.4 is 9.80 Å². The molecule has 4 saturated carbocycles. The van der Waals surface area contributed by atoms with Gasteiger partial charge in [0.15, 0.2) is 0 Å². The molecular formula is C66H74N2.